The van der Waals surface area contributed by atoms with Crippen molar-refractivity contribution in [3.05, 3.63) is 0 Å². The molecule has 0 aromatic heterocycles. The molecule has 5 atom stereocenters. The minimum absolute atomic E-state index is 0.00242. The lowest BCUT2D eigenvalue weighted by Crippen LogP contribution is -2.61. The van der Waals surface area contributed by atoms with Gasteiger partial charge in [-0.2, -0.15) is 0 Å². The van der Waals surface area contributed by atoms with Crippen LogP contribution in [0.2, 0.25) is 0 Å². The van der Waals surface area contributed by atoms with Crippen molar-refractivity contribution >= 4 is 35.3 Å². The fourth-order valence-corrected chi connectivity index (χ4v) is 10.4. The van der Waals surface area contributed by atoms with Crippen molar-refractivity contribution in [2.24, 2.45) is 45.1 Å². The second-order valence-electron chi connectivity index (χ2n) is 18.1. The predicted molar refractivity (Wildman–Crippen MR) is 184 cm³/mol. The number of hydrogen-bond donors (Lipinski definition) is 4. The molecule has 6 aliphatic rings. The Bertz CT molecular complexity index is 1370. The molecule has 5 aliphatic carbocycles. The van der Waals surface area contributed by atoms with Gasteiger partial charge in [0.25, 0.3) is 5.91 Å². The SMILES string of the molecule is CC(C)(C)C(NC(=O)N[C@H](C(=O)C1CC1)C1CCCCC1)C(=O)N1CC2(C[C@H]1C(=O)NC(CC1CCC1)C(=O)C(N)=O)C(C)(C)C21CCC1. The number of likely N-dealkylation sites (tertiary alicyclic amines) is 1. The average Bonchev–Trinajstić information content (AvgIpc) is 3.86. The molecule has 1 heterocycles. The van der Waals surface area contributed by atoms with Crippen LogP contribution in [0.5, 0.6) is 0 Å². The van der Waals surface area contributed by atoms with E-state index < -0.39 is 53.2 Å². The molecule has 5 amide bonds. The molecule has 2 spiro atoms. The number of Topliss-reactive ketones (excluding diaryl/α,β-unsaturated/α-hetero) is 2. The minimum atomic E-state index is -1.08. The summed E-state index contributed by atoms with van der Waals surface area (Å²) < 4.78 is 0. The summed E-state index contributed by atoms with van der Waals surface area (Å²) in [5, 5.41) is 8.85. The molecule has 1 saturated heterocycles. The van der Waals surface area contributed by atoms with Crippen LogP contribution in [0.1, 0.15) is 131 Å². The van der Waals surface area contributed by atoms with Gasteiger partial charge in [-0.3, -0.25) is 24.0 Å². The molecule has 5 N–H and O–H groups in total. The molecule has 0 aromatic rings. The third kappa shape index (κ3) is 6.30. The van der Waals surface area contributed by atoms with Crippen LogP contribution in [0.15, 0.2) is 0 Å². The molecular weight excluding hydrogens is 622 g/mol. The number of ketones is 2. The standard InChI is InChI=1S/C38H59N5O6/c1-35(2,3)30(42-34(49)41-27(28(44)24-15-16-24)23-13-7-6-8-14-23)33(48)43-21-38(36(4,5)37(38)17-10-18-37)20-26(43)32(47)40-25(29(45)31(39)46)19-22-11-9-12-22/h22-27,30H,6-21H2,1-5H3,(H2,39,46)(H,40,47)(H2,41,42,49)/t25?,26-,27-,30?,38?/m0/s1. The third-order valence-corrected chi connectivity index (χ3v) is 14.1. The molecule has 0 radical (unpaired) electrons. The van der Waals surface area contributed by atoms with Crippen molar-refractivity contribution in [2.45, 2.75) is 155 Å². The number of urea groups is 1. The summed E-state index contributed by atoms with van der Waals surface area (Å²) >= 11 is 0. The third-order valence-electron chi connectivity index (χ3n) is 14.1. The number of nitrogens with zero attached hydrogens (tertiary/aromatic N) is 1. The molecule has 1 aliphatic heterocycles. The number of carbonyl (C=O) groups is 6. The number of primary amides is 1. The molecular formula is C38H59N5O6. The molecule has 6 rings (SSSR count). The van der Waals surface area contributed by atoms with E-state index in [-0.39, 0.29) is 45.7 Å². The van der Waals surface area contributed by atoms with Gasteiger partial charge in [0, 0.05) is 17.9 Å². The molecule has 5 saturated carbocycles. The van der Waals surface area contributed by atoms with E-state index in [1.807, 2.05) is 20.8 Å². The van der Waals surface area contributed by atoms with Crippen LogP contribution in [0.4, 0.5) is 4.79 Å². The number of carbonyl (C=O) groups excluding carboxylic acids is 6. The van der Waals surface area contributed by atoms with E-state index in [2.05, 4.69) is 29.8 Å². The second-order valence-corrected chi connectivity index (χ2v) is 18.1. The van der Waals surface area contributed by atoms with E-state index in [1.165, 1.54) is 0 Å². The molecule has 0 aromatic carbocycles. The Hall–Kier alpha value is -2.98. The minimum Gasteiger partial charge on any atom is -0.363 e. The smallest absolute Gasteiger partial charge is 0.316 e. The van der Waals surface area contributed by atoms with Gasteiger partial charge in [0.2, 0.25) is 17.6 Å². The first kappa shape index (κ1) is 35.8. The van der Waals surface area contributed by atoms with Crippen molar-refractivity contribution in [3.63, 3.8) is 0 Å². The Morgan fingerprint density at radius 3 is 1.96 bits per heavy atom. The zero-order valence-corrected chi connectivity index (χ0v) is 30.3. The highest BCUT2D eigenvalue weighted by Gasteiger charge is 2.85. The first-order valence-electron chi connectivity index (χ1n) is 19.1. The van der Waals surface area contributed by atoms with Gasteiger partial charge >= 0.3 is 6.03 Å². The highest BCUT2D eigenvalue weighted by Crippen LogP contribution is 2.88. The highest BCUT2D eigenvalue weighted by atomic mass is 16.2. The van der Waals surface area contributed by atoms with Crippen molar-refractivity contribution in [1.29, 1.82) is 0 Å². The topological polar surface area (TPSA) is 168 Å². The molecule has 3 unspecified atom stereocenters. The Balaban J connectivity index is 1.24. The lowest BCUT2D eigenvalue weighted by Gasteiger charge is -2.37. The van der Waals surface area contributed by atoms with E-state index in [0.29, 0.717) is 19.4 Å². The Labute approximate surface area is 291 Å². The molecule has 49 heavy (non-hydrogen) atoms. The summed E-state index contributed by atoms with van der Waals surface area (Å²) in [6.45, 7) is 10.5. The number of rotatable bonds is 12. The van der Waals surface area contributed by atoms with Crippen LogP contribution in [0, 0.1) is 39.4 Å². The van der Waals surface area contributed by atoms with E-state index in [9.17, 15) is 28.8 Å². The fraction of sp³-hybridized carbons (Fsp3) is 0.842. The van der Waals surface area contributed by atoms with Gasteiger partial charge in [0.05, 0.1) is 12.1 Å². The van der Waals surface area contributed by atoms with E-state index in [0.717, 1.165) is 83.5 Å². The van der Waals surface area contributed by atoms with Crippen molar-refractivity contribution in [1.82, 2.24) is 20.9 Å². The van der Waals surface area contributed by atoms with E-state index >= 15 is 0 Å². The lowest BCUT2D eigenvalue weighted by molar-refractivity contribution is -0.143. The maximum Gasteiger partial charge on any atom is 0.316 e. The van der Waals surface area contributed by atoms with E-state index in [1.54, 1.807) is 4.90 Å². The summed E-state index contributed by atoms with van der Waals surface area (Å²) in [4.78, 5) is 82.7. The average molecular weight is 682 g/mol. The summed E-state index contributed by atoms with van der Waals surface area (Å²) in [5.41, 5.74) is 4.39. The van der Waals surface area contributed by atoms with Gasteiger partial charge in [-0.25, -0.2) is 4.79 Å². The quantitative estimate of drug-likeness (QED) is 0.226. The Kier molecular flexibility index (Phi) is 9.48. The van der Waals surface area contributed by atoms with Gasteiger partial charge in [0.1, 0.15) is 12.1 Å². The number of amides is 5. The van der Waals surface area contributed by atoms with Gasteiger partial charge in [-0.05, 0) is 79.4 Å². The van der Waals surface area contributed by atoms with Crippen LogP contribution in [0.25, 0.3) is 0 Å². The van der Waals surface area contributed by atoms with Crippen LogP contribution < -0.4 is 21.7 Å². The van der Waals surface area contributed by atoms with Gasteiger partial charge in [-0.15, -0.1) is 0 Å². The maximum absolute atomic E-state index is 14.8. The highest BCUT2D eigenvalue weighted by molar-refractivity contribution is 6.37. The molecule has 0 bridgehead atoms. The van der Waals surface area contributed by atoms with Crippen molar-refractivity contribution < 1.29 is 28.8 Å². The molecule has 272 valence electrons. The predicted octanol–water partition coefficient (Wildman–Crippen LogP) is 4.16. The summed E-state index contributed by atoms with van der Waals surface area (Å²) in [7, 11) is 0. The number of nitrogens with one attached hydrogen (secondary N) is 3. The van der Waals surface area contributed by atoms with Crippen LogP contribution in [0.3, 0.4) is 0 Å². The van der Waals surface area contributed by atoms with Crippen molar-refractivity contribution in [2.75, 3.05) is 6.54 Å². The molecule has 11 heteroatoms. The molecule has 11 nitrogen and oxygen atoms in total. The Morgan fingerprint density at radius 1 is 0.816 bits per heavy atom. The number of hydrogen-bond acceptors (Lipinski definition) is 6. The first-order valence-corrected chi connectivity index (χ1v) is 19.1. The monoisotopic (exact) mass is 681 g/mol. The summed E-state index contributed by atoms with van der Waals surface area (Å²) in [6.07, 6.45) is 13.6. The fourth-order valence-electron chi connectivity index (χ4n) is 10.4. The Morgan fingerprint density at radius 2 is 1.47 bits per heavy atom. The van der Waals surface area contributed by atoms with E-state index in [4.69, 9.17) is 5.73 Å². The van der Waals surface area contributed by atoms with Crippen molar-refractivity contribution in [3.8, 4) is 0 Å². The van der Waals surface area contributed by atoms with Gasteiger partial charge < -0.3 is 26.6 Å². The maximum atomic E-state index is 14.8. The summed E-state index contributed by atoms with van der Waals surface area (Å²) in [5.74, 6) is -2.26. The lowest BCUT2D eigenvalue weighted by atomic mass is 9.73. The number of fused-ring (bicyclic) bond motifs is 1. The zero-order valence-electron chi connectivity index (χ0n) is 30.3. The second kappa shape index (κ2) is 13.0. The summed E-state index contributed by atoms with van der Waals surface area (Å²) in [6, 6.07) is -3.98. The van der Waals surface area contributed by atoms with Crippen LogP contribution >= 0.6 is 0 Å². The number of nitrogens with two attached hydrogens (primary N) is 1. The zero-order chi connectivity index (χ0) is 35.5. The van der Waals surface area contributed by atoms with Crippen LogP contribution in [-0.2, 0) is 24.0 Å². The normalized spacial score (nSPS) is 29.2. The molecule has 6 fully saturated rings. The van der Waals surface area contributed by atoms with Crippen LogP contribution in [-0.4, -0.2) is 70.9 Å². The largest absolute Gasteiger partial charge is 0.363 e. The van der Waals surface area contributed by atoms with Gasteiger partial charge in [0.15, 0.2) is 5.78 Å². The van der Waals surface area contributed by atoms with Gasteiger partial charge in [-0.1, -0.05) is 79.6 Å². The first-order chi connectivity index (χ1) is 23.0.